The van der Waals surface area contributed by atoms with Crippen LogP contribution < -0.4 is 10.0 Å². The van der Waals surface area contributed by atoms with Crippen molar-refractivity contribution in [2.24, 2.45) is 0 Å². The van der Waals surface area contributed by atoms with Crippen LogP contribution in [0.4, 0.5) is 0 Å². The Balaban J connectivity index is 2.21. The molecule has 2 rings (SSSR count). The molecular weight excluding hydrogens is 332 g/mol. The molecule has 0 radical (unpaired) electrons. The third kappa shape index (κ3) is 5.16. The zero-order chi connectivity index (χ0) is 16.9. The standard InChI is InChI=1S/C16H20N2O3S2/c1-12(2)17-16(19)14(11-13-7-4-3-5-8-13)18-23(20,21)15-9-6-10-22-15/h3-10,12,14,18H,11H2,1-2H3,(H,17,19). The molecule has 1 aromatic heterocycles. The summed E-state index contributed by atoms with van der Waals surface area (Å²) in [5, 5.41) is 4.46. The van der Waals surface area contributed by atoms with Gasteiger partial charge in [0.1, 0.15) is 10.3 Å². The summed E-state index contributed by atoms with van der Waals surface area (Å²) in [5.74, 6) is -0.330. The van der Waals surface area contributed by atoms with Crippen LogP contribution in [0.5, 0.6) is 0 Å². The molecule has 1 heterocycles. The molecule has 1 unspecified atom stereocenters. The summed E-state index contributed by atoms with van der Waals surface area (Å²) in [5.41, 5.74) is 0.894. The average molecular weight is 352 g/mol. The van der Waals surface area contributed by atoms with E-state index in [4.69, 9.17) is 0 Å². The Hall–Kier alpha value is -1.70. The molecule has 1 amide bonds. The molecule has 0 aliphatic carbocycles. The molecule has 5 nitrogen and oxygen atoms in total. The second-order valence-corrected chi connectivity index (χ2v) is 8.35. The molecule has 124 valence electrons. The number of carbonyl (C=O) groups excluding carboxylic acids is 1. The Morgan fingerprint density at radius 3 is 2.39 bits per heavy atom. The lowest BCUT2D eigenvalue weighted by atomic mass is 10.1. The predicted molar refractivity (Wildman–Crippen MR) is 91.9 cm³/mol. The van der Waals surface area contributed by atoms with Crippen molar-refractivity contribution in [1.82, 2.24) is 10.0 Å². The topological polar surface area (TPSA) is 75.3 Å². The van der Waals surface area contributed by atoms with Crippen molar-refractivity contribution in [2.45, 2.75) is 36.6 Å². The maximum absolute atomic E-state index is 12.4. The van der Waals surface area contributed by atoms with Gasteiger partial charge in [-0.1, -0.05) is 36.4 Å². The number of sulfonamides is 1. The highest BCUT2D eigenvalue weighted by Crippen LogP contribution is 2.16. The molecule has 1 aromatic carbocycles. The minimum atomic E-state index is -3.71. The van der Waals surface area contributed by atoms with E-state index in [1.807, 2.05) is 44.2 Å². The molecular formula is C16H20N2O3S2. The highest BCUT2D eigenvalue weighted by atomic mass is 32.2. The van der Waals surface area contributed by atoms with Crippen LogP contribution in [0.3, 0.4) is 0 Å². The van der Waals surface area contributed by atoms with Crippen LogP contribution in [0.25, 0.3) is 0 Å². The molecule has 1 atom stereocenters. The van der Waals surface area contributed by atoms with Crippen LogP contribution in [-0.2, 0) is 21.2 Å². The monoisotopic (exact) mass is 352 g/mol. The summed E-state index contributed by atoms with van der Waals surface area (Å²) in [6.07, 6.45) is 0.296. The number of carbonyl (C=O) groups is 1. The summed E-state index contributed by atoms with van der Waals surface area (Å²) >= 11 is 1.12. The van der Waals surface area contributed by atoms with Gasteiger partial charge in [0.15, 0.2) is 0 Å². The quantitative estimate of drug-likeness (QED) is 0.802. The van der Waals surface area contributed by atoms with E-state index in [-0.39, 0.29) is 16.2 Å². The maximum atomic E-state index is 12.4. The van der Waals surface area contributed by atoms with Crippen LogP contribution in [0.15, 0.2) is 52.1 Å². The predicted octanol–water partition coefficient (Wildman–Crippen LogP) is 2.16. The molecule has 7 heteroatoms. The van der Waals surface area contributed by atoms with Gasteiger partial charge in [-0.3, -0.25) is 4.79 Å². The Labute approximate surface area is 140 Å². The first-order chi connectivity index (χ1) is 10.9. The van der Waals surface area contributed by atoms with Gasteiger partial charge >= 0.3 is 0 Å². The van der Waals surface area contributed by atoms with Crippen LogP contribution in [0.1, 0.15) is 19.4 Å². The van der Waals surface area contributed by atoms with E-state index in [0.717, 1.165) is 16.9 Å². The fourth-order valence-corrected chi connectivity index (χ4v) is 4.29. The molecule has 2 aromatic rings. The number of nitrogens with one attached hydrogen (secondary N) is 2. The van der Waals surface area contributed by atoms with E-state index in [9.17, 15) is 13.2 Å². The van der Waals surface area contributed by atoms with Gasteiger partial charge in [0.25, 0.3) is 10.0 Å². The highest BCUT2D eigenvalue weighted by molar-refractivity contribution is 7.91. The molecule has 0 bridgehead atoms. The number of rotatable bonds is 7. The summed E-state index contributed by atoms with van der Waals surface area (Å²) < 4.78 is 27.5. The van der Waals surface area contributed by atoms with E-state index in [1.54, 1.807) is 11.4 Å². The van der Waals surface area contributed by atoms with Gasteiger partial charge in [0.2, 0.25) is 5.91 Å². The van der Waals surface area contributed by atoms with Gasteiger partial charge in [-0.2, -0.15) is 4.72 Å². The lowest BCUT2D eigenvalue weighted by Gasteiger charge is -2.19. The Morgan fingerprint density at radius 1 is 1.13 bits per heavy atom. The first-order valence-electron chi connectivity index (χ1n) is 7.28. The highest BCUT2D eigenvalue weighted by Gasteiger charge is 2.26. The van der Waals surface area contributed by atoms with E-state index >= 15 is 0 Å². The molecule has 0 spiro atoms. The van der Waals surface area contributed by atoms with Crippen LogP contribution in [-0.4, -0.2) is 26.4 Å². The second-order valence-electron chi connectivity index (χ2n) is 5.46. The Bertz CT molecular complexity index is 726. The summed E-state index contributed by atoms with van der Waals surface area (Å²) in [6.45, 7) is 3.68. The maximum Gasteiger partial charge on any atom is 0.250 e. The van der Waals surface area contributed by atoms with Crippen LogP contribution in [0, 0.1) is 0 Å². The Kier molecular flexibility index (Phi) is 5.92. The van der Waals surface area contributed by atoms with Gasteiger partial charge in [-0.05, 0) is 37.3 Å². The first-order valence-corrected chi connectivity index (χ1v) is 9.65. The molecule has 2 N–H and O–H groups in total. The fourth-order valence-electron chi connectivity index (χ4n) is 2.08. The van der Waals surface area contributed by atoms with E-state index < -0.39 is 16.1 Å². The molecule has 0 fully saturated rings. The third-order valence-electron chi connectivity index (χ3n) is 3.09. The molecule has 0 saturated heterocycles. The summed E-state index contributed by atoms with van der Waals surface area (Å²) in [4.78, 5) is 12.4. The van der Waals surface area contributed by atoms with Crippen molar-refractivity contribution in [2.75, 3.05) is 0 Å². The number of benzene rings is 1. The lowest BCUT2D eigenvalue weighted by Crippen LogP contribution is -2.49. The third-order valence-corrected chi connectivity index (χ3v) is 5.96. The van der Waals surface area contributed by atoms with Crippen molar-refractivity contribution < 1.29 is 13.2 Å². The zero-order valence-electron chi connectivity index (χ0n) is 13.0. The second kappa shape index (κ2) is 7.72. The van der Waals surface area contributed by atoms with Crippen LogP contribution in [0.2, 0.25) is 0 Å². The number of thiophene rings is 1. The van der Waals surface area contributed by atoms with Gasteiger partial charge in [-0.15, -0.1) is 11.3 Å². The number of hydrogen-bond donors (Lipinski definition) is 2. The SMILES string of the molecule is CC(C)NC(=O)C(Cc1ccccc1)NS(=O)(=O)c1cccs1. The summed E-state index contributed by atoms with van der Waals surface area (Å²) in [6, 6.07) is 11.6. The van der Waals surface area contributed by atoms with Gasteiger partial charge in [0, 0.05) is 6.04 Å². The van der Waals surface area contributed by atoms with Crippen molar-refractivity contribution in [3.05, 3.63) is 53.4 Å². The molecule has 0 saturated carbocycles. The van der Waals surface area contributed by atoms with E-state index in [0.29, 0.717) is 6.42 Å². The van der Waals surface area contributed by atoms with Gasteiger partial charge < -0.3 is 5.32 Å². The van der Waals surface area contributed by atoms with Gasteiger partial charge in [-0.25, -0.2) is 8.42 Å². The summed E-state index contributed by atoms with van der Waals surface area (Å²) in [7, 11) is -3.71. The molecule has 0 aliphatic rings. The van der Waals surface area contributed by atoms with Crippen molar-refractivity contribution in [1.29, 1.82) is 0 Å². The van der Waals surface area contributed by atoms with Crippen molar-refractivity contribution in [3.63, 3.8) is 0 Å². The molecule has 23 heavy (non-hydrogen) atoms. The lowest BCUT2D eigenvalue weighted by molar-refractivity contribution is -0.123. The minimum absolute atomic E-state index is 0.0629. The fraction of sp³-hybridized carbons (Fsp3) is 0.312. The van der Waals surface area contributed by atoms with Gasteiger partial charge in [0.05, 0.1) is 0 Å². The smallest absolute Gasteiger partial charge is 0.250 e. The van der Waals surface area contributed by atoms with Crippen LogP contribution >= 0.6 is 11.3 Å². The Morgan fingerprint density at radius 2 is 1.83 bits per heavy atom. The normalized spacial score (nSPS) is 13.0. The van der Waals surface area contributed by atoms with Crippen molar-refractivity contribution >= 4 is 27.3 Å². The zero-order valence-corrected chi connectivity index (χ0v) is 14.7. The number of hydrogen-bond acceptors (Lipinski definition) is 4. The first kappa shape index (κ1) is 17.7. The van der Waals surface area contributed by atoms with E-state index in [1.165, 1.54) is 6.07 Å². The minimum Gasteiger partial charge on any atom is -0.353 e. The van der Waals surface area contributed by atoms with E-state index in [2.05, 4.69) is 10.0 Å². The average Bonchev–Trinajstić information content (AvgIpc) is 3.02. The molecule has 0 aliphatic heterocycles. The van der Waals surface area contributed by atoms with Crippen molar-refractivity contribution in [3.8, 4) is 0 Å². The largest absolute Gasteiger partial charge is 0.353 e. The number of amides is 1.